The molecule has 0 atom stereocenters. The lowest BCUT2D eigenvalue weighted by Crippen LogP contribution is -1.95. The highest BCUT2D eigenvalue weighted by atomic mass is 79.9. The average molecular weight is 299 g/mol. The molecule has 0 aliphatic rings. The molecular formula is C11H9BrClN3. The molecular weight excluding hydrogens is 289 g/mol. The van der Waals surface area contributed by atoms with Gasteiger partial charge in [0.05, 0.1) is 0 Å². The zero-order chi connectivity index (χ0) is 11.5. The number of anilines is 2. The van der Waals surface area contributed by atoms with E-state index in [0.29, 0.717) is 11.0 Å². The summed E-state index contributed by atoms with van der Waals surface area (Å²) >= 11 is 9.10. The summed E-state index contributed by atoms with van der Waals surface area (Å²) in [5.41, 5.74) is 2.13. The highest BCUT2D eigenvalue weighted by Crippen LogP contribution is 2.21. The monoisotopic (exact) mass is 297 g/mol. The van der Waals surface area contributed by atoms with Gasteiger partial charge in [-0.1, -0.05) is 27.5 Å². The first kappa shape index (κ1) is 11.4. The summed E-state index contributed by atoms with van der Waals surface area (Å²) in [6, 6.07) is 9.52. The van der Waals surface area contributed by atoms with Gasteiger partial charge in [0.1, 0.15) is 0 Å². The summed E-state index contributed by atoms with van der Waals surface area (Å²) in [5.74, 6) is 0.668. The van der Waals surface area contributed by atoms with Gasteiger partial charge in [0.15, 0.2) is 11.0 Å². The summed E-state index contributed by atoms with van der Waals surface area (Å²) in [6.45, 7) is 2.03. The molecule has 16 heavy (non-hydrogen) atoms. The van der Waals surface area contributed by atoms with Crippen molar-refractivity contribution in [3.05, 3.63) is 45.5 Å². The van der Waals surface area contributed by atoms with Gasteiger partial charge in [-0.25, -0.2) is 0 Å². The first-order valence-electron chi connectivity index (χ1n) is 4.67. The molecule has 0 aliphatic carbocycles. The standard InChI is InChI=1S/C11H9BrClN3/c1-7-4-8(12)6-9(5-7)14-11-3-2-10(13)15-16-11/h2-6H,1H3,(H,14,16). The Morgan fingerprint density at radius 2 is 2.00 bits per heavy atom. The number of halogens is 2. The Kier molecular flexibility index (Phi) is 3.41. The van der Waals surface area contributed by atoms with Crippen LogP contribution in [0.4, 0.5) is 11.5 Å². The van der Waals surface area contributed by atoms with E-state index in [-0.39, 0.29) is 0 Å². The van der Waals surface area contributed by atoms with E-state index < -0.39 is 0 Å². The van der Waals surface area contributed by atoms with Crippen molar-refractivity contribution in [3.63, 3.8) is 0 Å². The molecule has 0 fully saturated rings. The fourth-order valence-corrected chi connectivity index (χ4v) is 2.05. The van der Waals surface area contributed by atoms with E-state index in [1.807, 2.05) is 25.1 Å². The van der Waals surface area contributed by atoms with Crippen molar-refractivity contribution in [2.24, 2.45) is 0 Å². The average Bonchev–Trinajstić information content (AvgIpc) is 2.20. The minimum atomic E-state index is 0.385. The highest BCUT2D eigenvalue weighted by molar-refractivity contribution is 9.10. The number of hydrogen-bond acceptors (Lipinski definition) is 3. The van der Waals surface area contributed by atoms with Gasteiger partial charge in [0.25, 0.3) is 0 Å². The molecule has 82 valence electrons. The molecule has 5 heteroatoms. The molecule has 1 N–H and O–H groups in total. The lowest BCUT2D eigenvalue weighted by molar-refractivity contribution is 1.04. The van der Waals surface area contributed by atoms with Crippen molar-refractivity contribution in [1.29, 1.82) is 0 Å². The van der Waals surface area contributed by atoms with Gasteiger partial charge in [-0.05, 0) is 42.8 Å². The normalized spacial score (nSPS) is 10.2. The van der Waals surface area contributed by atoms with Crippen LogP contribution in [0, 0.1) is 6.92 Å². The quantitative estimate of drug-likeness (QED) is 0.912. The van der Waals surface area contributed by atoms with E-state index in [1.54, 1.807) is 12.1 Å². The van der Waals surface area contributed by atoms with Crippen LogP contribution in [-0.2, 0) is 0 Å². The SMILES string of the molecule is Cc1cc(Br)cc(Nc2ccc(Cl)nn2)c1. The second kappa shape index (κ2) is 4.80. The number of aryl methyl sites for hydroxylation is 1. The Labute approximate surface area is 107 Å². The van der Waals surface area contributed by atoms with Crippen LogP contribution >= 0.6 is 27.5 Å². The maximum atomic E-state index is 5.66. The molecule has 0 unspecified atom stereocenters. The van der Waals surface area contributed by atoms with Gasteiger partial charge < -0.3 is 5.32 Å². The molecule has 0 saturated carbocycles. The van der Waals surface area contributed by atoms with Crippen LogP contribution in [0.3, 0.4) is 0 Å². The van der Waals surface area contributed by atoms with E-state index >= 15 is 0 Å². The van der Waals surface area contributed by atoms with Crippen LogP contribution in [0.5, 0.6) is 0 Å². The van der Waals surface area contributed by atoms with Crippen LogP contribution in [0.15, 0.2) is 34.8 Å². The van der Waals surface area contributed by atoms with Crippen LogP contribution < -0.4 is 5.32 Å². The molecule has 3 nitrogen and oxygen atoms in total. The number of rotatable bonds is 2. The smallest absolute Gasteiger partial charge is 0.153 e. The van der Waals surface area contributed by atoms with Gasteiger partial charge in [-0.3, -0.25) is 0 Å². The minimum absolute atomic E-state index is 0.385. The Morgan fingerprint density at radius 1 is 1.19 bits per heavy atom. The van der Waals surface area contributed by atoms with Gasteiger partial charge >= 0.3 is 0 Å². The van der Waals surface area contributed by atoms with E-state index in [0.717, 1.165) is 10.2 Å². The zero-order valence-corrected chi connectivity index (χ0v) is 10.9. The molecule has 0 bridgehead atoms. The van der Waals surface area contributed by atoms with E-state index in [1.165, 1.54) is 5.56 Å². The molecule has 0 spiro atoms. The third-order valence-corrected chi connectivity index (χ3v) is 2.61. The zero-order valence-electron chi connectivity index (χ0n) is 8.54. The minimum Gasteiger partial charge on any atom is -0.339 e. The summed E-state index contributed by atoms with van der Waals surface area (Å²) in [6.07, 6.45) is 0. The number of nitrogens with zero attached hydrogens (tertiary/aromatic N) is 2. The van der Waals surface area contributed by atoms with Crippen molar-refractivity contribution in [3.8, 4) is 0 Å². The molecule has 2 aromatic rings. The van der Waals surface area contributed by atoms with Gasteiger partial charge in [0, 0.05) is 10.2 Å². The molecule has 0 amide bonds. The first-order chi connectivity index (χ1) is 7.63. The second-order valence-corrected chi connectivity index (χ2v) is 4.69. The molecule has 2 rings (SSSR count). The Bertz CT molecular complexity index is 479. The van der Waals surface area contributed by atoms with Crippen LogP contribution in [0.25, 0.3) is 0 Å². The number of benzene rings is 1. The lowest BCUT2D eigenvalue weighted by atomic mass is 10.2. The lowest BCUT2D eigenvalue weighted by Gasteiger charge is -2.06. The molecule has 1 aromatic carbocycles. The number of aromatic nitrogens is 2. The highest BCUT2D eigenvalue weighted by Gasteiger charge is 1.99. The van der Waals surface area contributed by atoms with Crippen LogP contribution in [0.2, 0.25) is 5.15 Å². The maximum Gasteiger partial charge on any atom is 0.153 e. The third kappa shape index (κ3) is 2.93. The summed E-state index contributed by atoms with van der Waals surface area (Å²) in [4.78, 5) is 0. The maximum absolute atomic E-state index is 5.66. The molecule has 0 aliphatic heterocycles. The summed E-state index contributed by atoms with van der Waals surface area (Å²) in [7, 11) is 0. The Hall–Kier alpha value is -1.13. The second-order valence-electron chi connectivity index (χ2n) is 3.38. The Morgan fingerprint density at radius 3 is 2.62 bits per heavy atom. The Balaban J connectivity index is 2.23. The van der Waals surface area contributed by atoms with Crippen molar-refractivity contribution in [1.82, 2.24) is 10.2 Å². The van der Waals surface area contributed by atoms with E-state index in [2.05, 4.69) is 31.4 Å². The predicted octanol–water partition coefficient (Wildman–Crippen LogP) is 3.94. The van der Waals surface area contributed by atoms with Gasteiger partial charge in [-0.15, -0.1) is 10.2 Å². The first-order valence-corrected chi connectivity index (χ1v) is 5.84. The fraction of sp³-hybridized carbons (Fsp3) is 0.0909. The summed E-state index contributed by atoms with van der Waals surface area (Å²) in [5, 5.41) is 11.2. The van der Waals surface area contributed by atoms with Crippen molar-refractivity contribution in [2.75, 3.05) is 5.32 Å². The van der Waals surface area contributed by atoms with Crippen LogP contribution in [-0.4, -0.2) is 10.2 Å². The summed E-state index contributed by atoms with van der Waals surface area (Å²) < 4.78 is 1.02. The van der Waals surface area contributed by atoms with E-state index in [4.69, 9.17) is 11.6 Å². The van der Waals surface area contributed by atoms with Gasteiger partial charge in [-0.2, -0.15) is 0 Å². The van der Waals surface area contributed by atoms with Crippen molar-refractivity contribution in [2.45, 2.75) is 6.92 Å². The third-order valence-electron chi connectivity index (χ3n) is 1.95. The van der Waals surface area contributed by atoms with Crippen molar-refractivity contribution < 1.29 is 0 Å². The molecule has 1 heterocycles. The fourth-order valence-electron chi connectivity index (χ4n) is 1.34. The molecule has 0 saturated heterocycles. The van der Waals surface area contributed by atoms with Crippen LogP contribution in [0.1, 0.15) is 5.56 Å². The van der Waals surface area contributed by atoms with E-state index in [9.17, 15) is 0 Å². The number of hydrogen-bond donors (Lipinski definition) is 1. The molecule has 1 aromatic heterocycles. The number of nitrogens with one attached hydrogen (secondary N) is 1. The van der Waals surface area contributed by atoms with Crippen molar-refractivity contribution >= 4 is 39.0 Å². The topological polar surface area (TPSA) is 37.8 Å². The predicted molar refractivity (Wildman–Crippen MR) is 69.2 cm³/mol. The van der Waals surface area contributed by atoms with Gasteiger partial charge in [0.2, 0.25) is 0 Å². The largest absolute Gasteiger partial charge is 0.339 e. The molecule has 0 radical (unpaired) electrons.